The van der Waals surface area contributed by atoms with Crippen molar-refractivity contribution in [3.05, 3.63) is 51.5 Å². The third-order valence-corrected chi connectivity index (χ3v) is 5.18. The maximum atomic E-state index is 4.73. The van der Waals surface area contributed by atoms with E-state index in [1.807, 2.05) is 17.5 Å². The van der Waals surface area contributed by atoms with Crippen LogP contribution in [0.25, 0.3) is 0 Å². The topological polar surface area (TPSA) is 28.2 Å². The van der Waals surface area contributed by atoms with Gasteiger partial charge in [-0.2, -0.15) is 0 Å². The molecule has 0 aliphatic carbocycles. The number of aromatic nitrogens is 1. The molecule has 2 aromatic rings. The highest BCUT2D eigenvalue weighted by Crippen LogP contribution is 2.33. The fourth-order valence-corrected chi connectivity index (χ4v) is 3.99. The van der Waals surface area contributed by atoms with Crippen LogP contribution in [0, 0.1) is 13.8 Å². The predicted octanol–water partition coefficient (Wildman–Crippen LogP) is 3.14. The van der Waals surface area contributed by atoms with Gasteiger partial charge in [0.05, 0.1) is 11.7 Å². The number of rotatable bonds is 3. The van der Waals surface area contributed by atoms with Crippen molar-refractivity contribution in [1.82, 2.24) is 15.2 Å². The molecule has 1 N–H and O–H groups in total. The smallest absolute Gasteiger partial charge is 0.0873 e. The van der Waals surface area contributed by atoms with Gasteiger partial charge < -0.3 is 5.32 Å². The number of nitrogens with zero attached hydrogens (tertiary/aromatic N) is 2. The number of nitrogens with one attached hydrogen (secondary N) is 1. The minimum atomic E-state index is 0.297. The zero-order chi connectivity index (χ0) is 14.7. The van der Waals surface area contributed by atoms with E-state index in [0.29, 0.717) is 6.04 Å². The summed E-state index contributed by atoms with van der Waals surface area (Å²) in [5.41, 5.74) is 3.77. The lowest BCUT2D eigenvalue weighted by molar-refractivity contribution is 0.239. The molecule has 2 aromatic heterocycles. The standard InChI is InChI=1S/C17H23N3S/c1-13-4-5-15(19-12-13)16(17-14(2)6-11-21-17)20-9-3-7-18-8-10-20/h4-6,11-12,16,18H,3,7-10H2,1-2H3. The van der Waals surface area contributed by atoms with Crippen LogP contribution < -0.4 is 5.32 Å². The van der Waals surface area contributed by atoms with Gasteiger partial charge in [-0.3, -0.25) is 9.88 Å². The maximum absolute atomic E-state index is 4.73. The third-order valence-electron chi connectivity index (χ3n) is 4.10. The molecule has 21 heavy (non-hydrogen) atoms. The van der Waals surface area contributed by atoms with Crippen LogP contribution in [0.4, 0.5) is 0 Å². The molecule has 0 bridgehead atoms. The van der Waals surface area contributed by atoms with Crippen LogP contribution >= 0.6 is 11.3 Å². The van der Waals surface area contributed by atoms with Gasteiger partial charge in [0.1, 0.15) is 0 Å². The molecule has 3 heterocycles. The predicted molar refractivity (Wildman–Crippen MR) is 88.9 cm³/mol. The molecule has 0 saturated carbocycles. The average Bonchev–Trinajstić information content (AvgIpc) is 2.75. The minimum absolute atomic E-state index is 0.297. The summed E-state index contributed by atoms with van der Waals surface area (Å²) in [6.45, 7) is 8.70. The lowest BCUT2D eigenvalue weighted by Gasteiger charge is -2.30. The molecule has 1 aliphatic heterocycles. The fourth-order valence-electron chi connectivity index (χ4n) is 2.92. The maximum Gasteiger partial charge on any atom is 0.0873 e. The first-order valence-electron chi connectivity index (χ1n) is 7.67. The van der Waals surface area contributed by atoms with E-state index in [1.165, 1.54) is 28.1 Å². The van der Waals surface area contributed by atoms with Gasteiger partial charge in [0.2, 0.25) is 0 Å². The summed E-state index contributed by atoms with van der Waals surface area (Å²) >= 11 is 1.86. The van der Waals surface area contributed by atoms with Crippen LogP contribution in [0.2, 0.25) is 0 Å². The first kappa shape index (κ1) is 14.7. The molecule has 3 nitrogen and oxygen atoms in total. The van der Waals surface area contributed by atoms with E-state index in [-0.39, 0.29) is 0 Å². The number of hydrogen-bond acceptors (Lipinski definition) is 4. The van der Waals surface area contributed by atoms with E-state index in [1.54, 1.807) is 0 Å². The van der Waals surface area contributed by atoms with Crippen molar-refractivity contribution in [3.63, 3.8) is 0 Å². The van der Waals surface area contributed by atoms with E-state index in [4.69, 9.17) is 4.98 Å². The second kappa shape index (κ2) is 6.69. The molecule has 0 amide bonds. The molecule has 1 fully saturated rings. The van der Waals surface area contributed by atoms with Gasteiger partial charge in [0.25, 0.3) is 0 Å². The lowest BCUT2D eigenvalue weighted by atomic mass is 10.1. The Bertz CT molecular complexity index is 568. The number of aryl methyl sites for hydroxylation is 2. The van der Waals surface area contributed by atoms with Gasteiger partial charge in [-0.25, -0.2) is 0 Å². The van der Waals surface area contributed by atoms with E-state index in [9.17, 15) is 0 Å². The molecule has 3 rings (SSSR count). The molecular formula is C17H23N3S. The zero-order valence-electron chi connectivity index (χ0n) is 12.8. The second-order valence-corrected chi connectivity index (χ2v) is 6.72. The van der Waals surface area contributed by atoms with Crippen molar-refractivity contribution in [2.24, 2.45) is 0 Å². The van der Waals surface area contributed by atoms with Gasteiger partial charge in [0.15, 0.2) is 0 Å². The van der Waals surface area contributed by atoms with Crippen LogP contribution in [0.3, 0.4) is 0 Å². The highest BCUT2D eigenvalue weighted by Gasteiger charge is 2.26. The molecule has 1 saturated heterocycles. The van der Waals surface area contributed by atoms with Crippen molar-refractivity contribution in [1.29, 1.82) is 0 Å². The summed E-state index contributed by atoms with van der Waals surface area (Å²) < 4.78 is 0. The van der Waals surface area contributed by atoms with Crippen molar-refractivity contribution < 1.29 is 0 Å². The Morgan fingerprint density at radius 1 is 1.19 bits per heavy atom. The zero-order valence-corrected chi connectivity index (χ0v) is 13.6. The van der Waals surface area contributed by atoms with Crippen LogP contribution in [0.15, 0.2) is 29.8 Å². The molecule has 0 aromatic carbocycles. The Hall–Kier alpha value is -1.23. The lowest BCUT2D eigenvalue weighted by Crippen LogP contribution is -2.33. The van der Waals surface area contributed by atoms with Gasteiger partial charge >= 0.3 is 0 Å². The molecule has 1 atom stereocenters. The molecule has 0 spiro atoms. The number of thiophene rings is 1. The summed E-state index contributed by atoms with van der Waals surface area (Å²) in [7, 11) is 0. The van der Waals surface area contributed by atoms with E-state index < -0.39 is 0 Å². The first-order chi connectivity index (χ1) is 10.3. The molecular weight excluding hydrogens is 278 g/mol. The van der Waals surface area contributed by atoms with Gasteiger partial charge in [0, 0.05) is 30.7 Å². The molecule has 1 aliphatic rings. The third kappa shape index (κ3) is 3.34. The Morgan fingerprint density at radius 2 is 2.10 bits per heavy atom. The van der Waals surface area contributed by atoms with Gasteiger partial charge in [-0.1, -0.05) is 6.07 Å². The summed E-state index contributed by atoms with van der Waals surface area (Å²) in [6, 6.07) is 6.88. The molecule has 112 valence electrons. The highest BCUT2D eigenvalue weighted by molar-refractivity contribution is 7.10. The largest absolute Gasteiger partial charge is 0.315 e. The van der Waals surface area contributed by atoms with Crippen molar-refractivity contribution in [3.8, 4) is 0 Å². The van der Waals surface area contributed by atoms with E-state index in [0.717, 1.165) is 26.2 Å². The summed E-state index contributed by atoms with van der Waals surface area (Å²) in [5, 5.41) is 5.69. The van der Waals surface area contributed by atoms with Gasteiger partial charge in [-0.15, -0.1) is 11.3 Å². The Kier molecular flexibility index (Phi) is 4.68. The van der Waals surface area contributed by atoms with E-state index >= 15 is 0 Å². The van der Waals surface area contributed by atoms with Crippen molar-refractivity contribution in [2.75, 3.05) is 26.2 Å². The molecule has 4 heteroatoms. The SMILES string of the molecule is Cc1ccc(C(c2sccc2C)N2CCCNCC2)nc1. The summed E-state index contributed by atoms with van der Waals surface area (Å²) in [4.78, 5) is 8.74. The number of pyridine rings is 1. The summed E-state index contributed by atoms with van der Waals surface area (Å²) in [6.07, 6.45) is 3.19. The van der Waals surface area contributed by atoms with Crippen molar-refractivity contribution in [2.45, 2.75) is 26.3 Å². The van der Waals surface area contributed by atoms with E-state index in [2.05, 4.69) is 47.6 Å². The van der Waals surface area contributed by atoms with Crippen LogP contribution in [0.5, 0.6) is 0 Å². The Labute approximate surface area is 131 Å². The van der Waals surface area contributed by atoms with Crippen LogP contribution in [-0.4, -0.2) is 36.1 Å². The van der Waals surface area contributed by atoms with Crippen molar-refractivity contribution >= 4 is 11.3 Å². The van der Waals surface area contributed by atoms with Crippen LogP contribution in [0.1, 0.15) is 34.2 Å². The second-order valence-electron chi connectivity index (χ2n) is 5.77. The summed E-state index contributed by atoms with van der Waals surface area (Å²) in [5.74, 6) is 0. The highest BCUT2D eigenvalue weighted by atomic mass is 32.1. The molecule has 1 unspecified atom stereocenters. The fraction of sp³-hybridized carbons (Fsp3) is 0.471. The number of hydrogen-bond donors (Lipinski definition) is 1. The molecule has 0 radical (unpaired) electrons. The first-order valence-corrected chi connectivity index (χ1v) is 8.55. The minimum Gasteiger partial charge on any atom is -0.315 e. The monoisotopic (exact) mass is 301 g/mol. The normalized spacial score (nSPS) is 18.4. The average molecular weight is 301 g/mol. The quantitative estimate of drug-likeness (QED) is 0.944. The van der Waals surface area contributed by atoms with Crippen LogP contribution in [-0.2, 0) is 0 Å². The Morgan fingerprint density at radius 3 is 2.81 bits per heavy atom. The van der Waals surface area contributed by atoms with Gasteiger partial charge in [-0.05, 0) is 55.5 Å². The Balaban J connectivity index is 1.97.